The fourth-order valence-electron chi connectivity index (χ4n) is 1.89. The van der Waals surface area contributed by atoms with E-state index >= 15 is 0 Å². The lowest BCUT2D eigenvalue weighted by molar-refractivity contribution is -0.114. The number of nitrogens with two attached hydrogens (primary N) is 1. The molecule has 5 heteroatoms. The standard InChI is InChI=1S/C16H17N3O2/c1-11-4-2-7-14(8-11)19-15(20)10-18-13-6-3-5-12(9-13)16(17)21/h2-9,18H,10H2,1H3,(H2,17,21)(H,19,20). The molecule has 2 aromatic rings. The lowest BCUT2D eigenvalue weighted by Crippen LogP contribution is -2.22. The first-order chi connectivity index (χ1) is 10.0. The summed E-state index contributed by atoms with van der Waals surface area (Å²) < 4.78 is 0. The monoisotopic (exact) mass is 283 g/mol. The Morgan fingerprint density at radius 3 is 2.48 bits per heavy atom. The van der Waals surface area contributed by atoms with E-state index in [1.807, 2.05) is 31.2 Å². The second-order valence-corrected chi connectivity index (χ2v) is 4.72. The number of nitrogens with one attached hydrogen (secondary N) is 2. The lowest BCUT2D eigenvalue weighted by Gasteiger charge is -2.09. The molecule has 0 bridgehead atoms. The normalized spacial score (nSPS) is 9.95. The number of carbonyl (C=O) groups is 2. The van der Waals surface area contributed by atoms with E-state index in [0.29, 0.717) is 11.3 Å². The van der Waals surface area contributed by atoms with E-state index in [0.717, 1.165) is 11.3 Å². The van der Waals surface area contributed by atoms with Crippen molar-refractivity contribution < 1.29 is 9.59 Å². The SMILES string of the molecule is Cc1cccc(NC(=O)CNc2cccc(C(N)=O)c2)c1. The lowest BCUT2D eigenvalue weighted by atomic mass is 10.2. The van der Waals surface area contributed by atoms with Crippen molar-refractivity contribution in [3.63, 3.8) is 0 Å². The number of hydrogen-bond donors (Lipinski definition) is 3. The number of aryl methyl sites for hydroxylation is 1. The van der Waals surface area contributed by atoms with Crippen LogP contribution in [0.3, 0.4) is 0 Å². The van der Waals surface area contributed by atoms with Crippen molar-refractivity contribution in [3.05, 3.63) is 59.7 Å². The fourth-order valence-corrected chi connectivity index (χ4v) is 1.89. The molecule has 0 spiro atoms. The summed E-state index contributed by atoms with van der Waals surface area (Å²) in [5.74, 6) is -0.659. The molecular weight excluding hydrogens is 266 g/mol. The number of benzene rings is 2. The highest BCUT2D eigenvalue weighted by Crippen LogP contribution is 2.11. The predicted octanol–water partition coefficient (Wildman–Crippen LogP) is 2.14. The Balaban J connectivity index is 1.92. The molecule has 0 aliphatic rings. The average molecular weight is 283 g/mol. The Hall–Kier alpha value is -2.82. The molecule has 0 saturated heterocycles. The molecule has 2 aromatic carbocycles. The van der Waals surface area contributed by atoms with E-state index in [9.17, 15) is 9.59 Å². The van der Waals surface area contributed by atoms with Crippen LogP contribution in [0.15, 0.2) is 48.5 Å². The number of anilines is 2. The largest absolute Gasteiger partial charge is 0.376 e. The molecule has 2 rings (SSSR count). The summed E-state index contributed by atoms with van der Waals surface area (Å²) in [5, 5.41) is 5.75. The summed E-state index contributed by atoms with van der Waals surface area (Å²) >= 11 is 0. The van der Waals surface area contributed by atoms with Gasteiger partial charge in [-0.25, -0.2) is 0 Å². The van der Waals surface area contributed by atoms with Gasteiger partial charge in [0, 0.05) is 16.9 Å². The number of hydrogen-bond acceptors (Lipinski definition) is 3. The van der Waals surface area contributed by atoms with Crippen LogP contribution in [0.1, 0.15) is 15.9 Å². The van der Waals surface area contributed by atoms with E-state index in [-0.39, 0.29) is 12.5 Å². The van der Waals surface area contributed by atoms with Crippen LogP contribution < -0.4 is 16.4 Å². The minimum atomic E-state index is -0.497. The number of carbonyl (C=O) groups excluding carboxylic acids is 2. The molecule has 0 heterocycles. The maximum absolute atomic E-state index is 11.9. The highest BCUT2D eigenvalue weighted by atomic mass is 16.2. The minimum absolute atomic E-state index is 0.107. The molecule has 0 aliphatic carbocycles. The Bertz CT molecular complexity index is 668. The summed E-state index contributed by atoms with van der Waals surface area (Å²) in [7, 11) is 0. The first-order valence-corrected chi connectivity index (χ1v) is 6.55. The molecule has 21 heavy (non-hydrogen) atoms. The maximum Gasteiger partial charge on any atom is 0.248 e. The number of amides is 2. The molecule has 5 nitrogen and oxygen atoms in total. The maximum atomic E-state index is 11.9. The molecule has 0 saturated carbocycles. The third-order valence-corrected chi connectivity index (χ3v) is 2.90. The summed E-state index contributed by atoms with van der Waals surface area (Å²) in [4.78, 5) is 22.9. The van der Waals surface area contributed by atoms with Crippen LogP contribution in [-0.2, 0) is 4.79 Å². The molecule has 2 amide bonds. The Kier molecular flexibility index (Phi) is 4.56. The van der Waals surface area contributed by atoms with Crippen molar-refractivity contribution in [1.29, 1.82) is 0 Å². The topological polar surface area (TPSA) is 84.2 Å². The molecule has 4 N–H and O–H groups in total. The molecule has 0 atom stereocenters. The van der Waals surface area contributed by atoms with E-state index < -0.39 is 5.91 Å². The highest BCUT2D eigenvalue weighted by molar-refractivity contribution is 5.95. The Labute approximate surface area is 123 Å². The predicted molar refractivity (Wildman–Crippen MR) is 83.3 cm³/mol. The van der Waals surface area contributed by atoms with Gasteiger partial charge in [0.25, 0.3) is 0 Å². The molecular formula is C16H17N3O2. The van der Waals surface area contributed by atoms with Gasteiger partial charge in [-0.05, 0) is 42.8 Å². The van der Waals surface area contributed by atoms with E-state index in [2.05, 4.69) is 10.6 Å². The van der Waals surface area contributed by atoms with Gasteiger partial charge in [0.15, 0.2) is 0 Å². The van der Waals surface area contributed by atoms with Crippen molar-refractivity contribution in [2.75, 3.05) is 17.2 Å². The van der Waals surface area contributed by atoms with Crippen LogP contribution in [-0.4, -0.2) is 18.4 Å². The van der Waals surface area contributed by atoms with Crippen molar-refractivity contribution >= 4 is 23.2 Å². The second-order valence-electron chi connectivity index (χ2n) is 4.72. The highest BCUT2D eigenvalue weighted by Gasteiger charge is 2.04. The molecule has 0 unspecified atom stereocenters. The summed E-state index contributed by atoms with van der Waals surface area (Å²) in [6.07, 6.45) is 0. The van der Waals surface area contributed by atoms with Gasteiger partial charge in [0.2, 0.25) is 11.8 Å². The summed E-state index contributed by atoms with van der Waals surface area (Å²) in [5.41, 5.74) is 8.12. The van der Waals surface area contributed by atoms with Gasteiger partial charge in [-0.2, -0.15) is 0 Å². The number of rotatable bonds is 5. The van der Waals surface area contributed by atoms with Crippen molar-refractivity contribution in [2.24, 2.45) is 5.73 Å². The summed E-state index contributed by atoms with van der Waals surface area (Å²) in [6.45, 7) is 2.07. The van der Waals surface area contributed by atoms with Crippen molar-refractivity contribution in [2.45, 2.75) is 6.92 Å². The first-order valence-electron chi connectivity index (χ1n) is 6.55. The van der Waals surface area contributed by atoms with Crippen LogP contribution in [0.4, 0.5) is 11.4 Å². The third-order valence-electron chi connectivity index (χ3n) is 2.90. The van der Waals surface area contributed by atoms with Crippen LogP contribution in [0.2, 0.25) is 0 Å². The van der Waals surface area contributed by atoms with E-state index in [1.54, 1.807) is 24.3 Å². The smallest absolute Gasteiger partial charge is 0.248 e. The Morgan fingerprint density at radius 1 is 1.05 bits per heavy atom. The van der Waals surface area contributed by atoms with Crippen LogP contribution in [0.5, 0.6) is 0 Å². The van der Waals surface area contributed by atoms with Gasteiger partial charge in [-0.15, -0.1) is 0 Å². The third kappa shape index (κ3) is 4.35. The minimum Gasteiger partial charge on any atom is -0.376 e. The second kappa shape index (κ2) is 6.56. The van der Waals surface area contributed by atoms with Crippen molar-refractivity contribution in [1.82, 2.24) is 0 Å². The number of primary amides is 1. The molecule has 0 aliphatic heterocycles. The molecule has 0 radical (unpaired) electrons. The van der Waals surface area contributed by atoms with E-state index in [1.165, 1.54) is 0 Å². The van der Waals surface area contributed by atoms with Gasteiger partial charge in [-0.1, -0.05) is 18.2 Å². The fraction of sp³-hybridized carbons (Fsp3) is 0.125. The zero-order valence-corrected chi connectivity index (χ0v) is 11.7. The van der Waals surface area contributed by atoms with Gasteiger partial charge in [-0.3, -0.25) is 9.59 Å². The molecule has 0 fully saturated rings. The van der Waals surface area contributed by atoms with Gasteiger partial charge in [0.05, 0.1) is 6.54 Å². The van der Waals surface area contributed by atoms with Crippen LogP contribution in [0, 0.1) is 6.92 Å². The quantitative estimate of drug-likeness (QED) is 0.786. The molecule has 0 aromatic heterocycles. The van der Waals surface area contributed by atoms with Crippen LogP contribution >= 0.6 is 0 Å². The Morgan fingerprint density at radius 2 is 1.76 bits per heavy atom. The average Bonchev–Trinajstić information content (AvgIpc) is 2.45. The first kappa shape index (κ1) is 14.6. The van der Waals surface area contributed by atoms with Crippen molar-refractivity contribution in [3.8, 4) is 0 Å². The zero-order valence-electron chi connectivity index (χ0n) is 11.7. The zero-order chi connectivity index (χ0) is 15.2. The van der Waals surface area contributed by atoms with Gasteiger partial charge in [0.1, 0.15) is 0 Å². The van der Waals surface area contributed by atoms with E-state index in [4.69, 9.17) is 5.73 Å². The van der Waals surface area contributed by atoms with Gasteiger partial charge >= 0.3 is 0 Å². The molecule has 108 valence electrons. The van der Waals surface area contributed by atoms with Crippen LogP contribution in [0.25, 0.3) is 0 Å². The van der Waals surface area contributed by atoms with Gasteiger partial charge < -0.3 is 16.4 Å². The summed E-state index contributed by atoms with van der Waals surface area (Å²) in [6, 6.07) is 14.3.